The Morgan fingerprint density at radius 3 is 2.33 bits per heavy atom. The van der Waals surface area contributed by atoms with Gasteiger partial charge in [-0.05, 0) is 65.2 Å². The molecule has 7 heteroatoms. The molecule has 1 saturated heterocycles. The number of imide groups is 1. The van der Waals surface area contributed by atoms with Crippen molar-refractivity contribution >= 4 is 34.0 Å². The Morgan fingerprint density at radius 1 is 1.19 bits per heavy atom. The summed E-state index contributed by atoms with van der Waals surface area (Å²) < 4.78 is 11.7. The van der Waals surface area contributed by atoms with Crippen molar-refractivity contribution in [1.29, 1.82) is 0 Å². The van der Waals surface area contributed by atoms with Crippen molar-refractivity contribution in [3.05, 3.63) is 34.3 Å². The van der Waals surface area contributed by atoms with Crippen LogP contribution in [0, 0.1) is 23.7 Å². The van der Waals surface area contributed by atoms with E-state index >= 15 is 0 Å². The molecule has 0 unspecified atom stereocenters. The Bertz CT molecular complexity index is 819. The number of ether oxygens (including phenoxy) is 2. The van der Waals surface area contributed by atoms with Crippen LogP contribution in [0.5, 0.6) is 11.5 Å². The second-order valence-corrected chi connectivity index (χ2v) is 7.90. The standard InChI is InChI=1S/C20H21BrN2O4/c1-3-27-15-9-11(8-14(21)18(15)26-2)10-22-23-19(24)16-12-4-5-13(7-6-12)17(16)20(23)25/h4-5,8-10,12-13,16-17H,3,6-7H2,1-2H3/b22-10-/t12-,13-,16-,17+/m0/s1. The molecule has 4 aliphatic rings. The number of hydrazone groups is 1. The van der Waals surface area contributed by atoms with Crippen molar-refractivity contribution in [2.24, 2.45) is 28.8 Å². The van der Waals surface area contributed by atoms with Crippen LogP contribution in [0.25, 0.3) is 0 Å². The third-order valence-electron chi connectivity index (χ3n) is 5.59. The van der Waals surface area contributed by atoms with E-state index in [9.17, 15) is 9.59 Å². The van der Waals surface area contributed by atoms with Crippen molar-refractivity contribution in [2.75, 3.05) is 13.7 Å². The first-order chi connectivity index (χ1) is 13.0. The van der Waals surface area contributed by atoms with Crippen molar-refractivity contribution < 1.29 is 19.1 Å². The number of fused-ring (bicyclic) bond motifs is 1. The number of halogens is 1. The van der Waals surface area contributed by atoms with E-state index in [4.69, 9.17) is 9.47 Å². The van der Waals surface area contributed by atoms with E-state index in [1.807, 2.05) is 13.0 Å². The minimum atomic E-state index is -0.250. The minimum Gasteiger partial charge on any atom is -0.492 e. The fourth-order valence-corrected chi connectivity index (χ4v) is 5.04. The molecule has 2 amide bonds. The van der Waals surface area contributed by atoms with Gasteiger partial charge in [0, 0.05) is 0 Å². The van der Waals surface area contributed by atoms with E-state index in [1.165, 1.54) is 6.21 Å². The highest BCUT2D eigenvalue weighted by Crippen LogP contribution is 2.49. The second-order valence-electron chi connectivity index (χ2n) is 7.04. The highest BCUT2D eigenvalue weighted by molar-refractivity contribution is 9.10. The van der Waals surface area contributed by atoms with Crippen LogP contribution in [0.1, 0.15) is 25.3 Å². The minimum absolute atomic E-state index is 0.163. The van der Waals surface area contributed by atoms with E-state index in [0.717, 1.165) is 17.9 Å². The predicted molar refractivity (Wildman–Crippen MR) is 104 cm³/mol. The van der Waals surface area contributed by atoms with E-state index in [1.54, 1.807) is 13.2 Å². The Kier molecular flexibility index (Phi) is 4.80. The summed E-state index contributed by atoms with van der Waals surface area (Å²) in [7, 11) is 1.57. The van der Waals surface area contributed by atoms with Crippen LogP contribution in [0.3, 0.4) is 0 Å². The third kappa shape index (κ3) is 2.98. The van der Waals surface area contributed by atoms with Gasteiger partial charge in [0.05, 0.1) is 36.2 Å². The fourth-order valence-electron chi connectivity index (χ4n) is 4.42. The molecule has 1 saturated carbocycles. The predicted octanol–water partition coefficient (Wildman–Crippen LogP) is 3.39. The zero-order valence-electron chi connectivity index (χ0n) is 15.2. The molecule has 0 radical (unpaired) electrons. The van der Waals surface area contributed by atoms with Crippen LogP contribution in [0.2, 0.25) is 0 Å². The molecule has 2 fully saturated rings. The van der Waals surface area contributed by atoms with Crippen molar-refractivity contribution in [1.82, 2.24) is 5.01 Å². The van der Waals surface area contributed by atoms with Gasteiger partial charge in [0.1, 0.15) is 0 Å². The van der Waals surface area contributed by atoms with E-state index < -0.39 is 0 Å². The summed E-state index contributed by atoms with van der Waals surface area (Å²) >= 11 is 3.46. The van der Waals surface area contributed by atoms with Crippen LogP contribution in [0.15, 0.2) is 33.9 Å². The first kappa shape index (κ1) is 18.2. The zero-order chi connectivity index (χ0) is 19.1. The molecule has 0 N–H and O–H groups in total. The van der Waals surface area contributed by atoms with Gasteiger partial charge in [-0.15, -0.1) is 0 Å². The topological polar surface area (TPSA) is 68.2 Å². The quantitative estimate of drug-likeness (QED) is 0.406. The van der Waals surface area contributed by atoms with Crippen LogP contribution >= 0.6 is 15.9 Å². The Morgan fingerprint density at radius 2 is 1.81 bits per heavy atom. The largest absolute Gasteiger partial charge is 0.492 e. The number of hydrogen-bond acceptors (Lipinski definition) is 5. The third-order valence-corrected chi connectivity index (χ3v) is 6.18. The number of carbonyl (C=O) groups excluding carboxylic acids is 2. The summed E-state index contributed by atoms with van der Waals surface area (Å²) in [5.74, 6) is 0.630. The lowest BCUT2D eigenvalue weighted by Crippen LogP contribution is -2.38. The molecule has 27 heavy (non-hydrogen) atoms. The number of amides is 2. The van der Waals surface area contributed by atoms with E-state index in [0.29, 0.717) is 28.1 Å². The molecule has 1 aromatic rings. The molecular weight excluding hydrogens is 412 g/mol. The summed E-state index contributed by atoms with van der Waals surface area (Å²) in [6, 6.07) is 3.59. The highest BCUT2D eigenvalue weighted by atomic mass is 79.9. The SMILES string of the molecule is CCOc1cc(/C=N\N2C(=O)[C@@H]3[C@H](C2=O)[C@H]2C=C[C@H]3CC2)cc(Br)c1OC. The molecule has 1 aromatic carbocycles. The molecule has 1 aliphatic heterocycles. The number of carbonyl (C=O) groups is 2. The molecule has 0 aromatic heterocycles. The maximum Gasteiger partial charge on any atom is 0.254 e. The van der Waals surface area contributed by atoms with E-state index in [-0.39, 0.29) is 35.5 Å². The van der Waals surface area contributed by atoms with Crippen LogP contribution in [0.4, 0.5) is 0 Å². The molecule has 1 heterocycles. The molecule has 142 valence electrons. The average Bonchev–Trinajstić information content (AvgIpc) is 2.94. The molecule has 0 spiro atoms. The summed E-state index contributed by atoms with van der Waals surface area (Å²) in [6.45, 7) is 2.38. The van der Waals surface area contributed by atoms with Gasteiger partial charge in [-0.3, -0.25) is 9.59 Å². The summed E-state index contributed by atoms with van der Waals surface area (Å²) in [6.07, 6.45) is 7.67. The average molecular weight is 433 g/mol. The maximum absolute atomic E-state index is 12.8. The van der Waals surface area contributed by atoms with Crippen LogP contribution < -0.4 is 9.47 Å². The monoisotopic (exact) mass is 432 g/mol. The molecule has 4 atom stereocenters. The van der Waals surface area contributed by atoms with Gasteiger partial charge in [-0.25, -0.2) is 0 Å². The first-order valence-electron chi connectivity index (χ1n) is 9.15. The van der Waals surface area contributed by atoms with Gasteiger partial charge >= 0.3 is 0 Å². The molecule has 2 bridgehead atoms. The smallest absolute Gasteiger partial charge is 0.254 e. The van der Waals surface area contributed by atoms with Gasteiger partial charge in [0.25, 0.3) is 11.8 Å². The molecule has 6 nitrogen and oxygen atoms in total. The summed E-state index contributed by atoms with van der Waals surface area (Å²) in [4.78, 5) is 25.6. The Hall–Kier alpha value is -2.15. The van der Waals surface area contributed by atoms with Gasteiger partial charge in [-0.1, -0.05) is 12.2 Å². The number of hydrogen-bond donors (Lipinski definition) is 0. The normalized spacial score (nSPS) is 28.9. The first-order valence-corrected chi connectivity index (χ1v) is 9.95. The summed E-state index contributed by atoms with van der Waals surface area (Å²) in [5, 5.41) is 5.30. The van der Waals surface area contributed by atoms with Gasteiger partial charge in [-0.2, -0.15) is 10.1 Å². The van der Waals surface area contributed by atoms with E-state index in [2.05, 4.69) is 33.2 Å². The maximum atomic E-state index is 12.8. The van der Waals surface area contributed by atoms with Crippen molar-refractivity contribution in [3.8, 4) is 11.5 Å². The van der Waals surface area contributed by atoms with Gasteiger partial charge in [0.2, 0.25) is 0 Å². The van der Waals surface area contributed by atoms with Gasteiger partial charge in [0.15, 0.2) is 11.5 Å². The van der Waals surface area contributed by atoms with Gasteiger partial charge < -0.3 is 9.47 Å². The van der Waals surface area contributed by atoms with Crippen LogP contribution in [-0.4, -0.2) is 36.8 Å². The number of nitrogens with zero attached hydrogens (tertiary/aromatic N) is 2. The fraction of sp³-hybridized carbons (Fsp3) is 0.450. The zero-order valence-corrected chi connectivity index (χ0v) is 16.8. The number of allylic oxidation sites excluding steroid dienone is 2. The number of rotatable bonds is 5. The Balaban J connectivity index is 1.60. The Labute approximate surface area is 166 Å². The van der Waals surface area contributed by atoms with Crippen molar-refractivity contribution in [2.45, 2.75) is 19.8 Å². The van der Waals surface area contributed by atoms with Crippen molar-refractivity contribution in [3.63, 3.8) is 0 Å². The lowest BCUT2D eigenvalue weighted by atomic mass is 9.63. The number of methoxy groups -OCH3 is 1. The lowest BCUT2D eigenvalue weighted by molar-refractivity contribution is -0.140. The second kappa shape index (κ2) is 7.11. The number of benzene rings is 1. The highest BCUT2D eigenvalue weighted by Gasteiger charge is 2.56. The lowest BCUT2D eigenvalue weighted by Gasteiger charge is -2.37. The molecule has 5 rings (SSSR count). The molecule has 3 aliphatic carbocycles. The molecular formula is C20H21BrN2O4. The van der Waals surface area contributed by atoms with Crippen LogP contribution in [-0.2, 0) is 9.59 Å². The summed E-state index contributed by atoms with van der Waals surface area (Å²) in [5.41, 5.74) is 0.711.